The molecule has 2 aliphatic heterocycles. The number of rotatable bonds is 2. The van der Waals surface area contributed by atoms with Gasteiger partial charge in [0.25, 0.3) is 0 Å². The molecule has 0 saturated carbocycles. The first-order valence-electron chi connectivity index (χ1n) is 5.84. The SMILES string of the molecule is O=C(O)CC1=CC2=COc3ccccc3C(=O)C2N1. The van der Waals surface area contributed by atoms with Gasteiger partial charge in [-0.15, -0.1) is 0 Å². The highest BCUT2D eigenvalue weighted by Gasteiger charge is 2.33. The summed E-state index contributed by atoms with van der Waals surface area (Å²) < 4.78 is 5.47. The van der Waals surface area contributed by atoms with E-state index in [0.29, 0.717) is 22.6 Å². The first-order chi connectivity index (χ1) is 9.15. The Hall–Kier alpha value is -2.56. The summed E-state index contributed by atoms with van der Waals surface area (Å²) in [6.07, 6.45) is 3.02. The van der Waals surface area contributed by atoms with Gasteiger partial charge in [0.05, 0.1) is 18.2 Å². The zero-order valence-electron chi connectivity index (χ0n) is 9.92. The van der Waals surface area contributed by atoms with Gasteiger partial charge >= 0.3 is 5.97 Å². The Balaban J connectivity index is 1.95. The highest BCUT2D eigenvalue weighted by molar-refractivity contribution is 6.05. The largest absolute Gasteiger partial charge is 0.481 e. The van der Waals surface area contributed by atoms with Gasteiger partial charge in [-0.2, -0.15) is 0 Å². The Labute approximate surface area is 109 Å². The summed E-state index contributed by atoms with van der Waals surface area (Å²) in [6, 6.07) is 6.44. The number of carbonyl (C=O) groups is 2. The molecule has 96 valence electrons. The van der Waals surface area contributed by atoms with Crippen LogP contribution in [0.4, 0.5) is 0 Å². The first kappa shape index (κ1) is 11.5. The summed E-state index contributed by atoms with van der Waals surface area (Å²) in [5, 5.41) is 11.7. The van der Waals surface area contributed by atoms with E-state index in [1.807, 2.05) is 0 Å². The van der Waals surface area contributed by atoms with Crippen LogP contribution in [0.2, 0.25) is 0 Å². The second-order valence-electron chi connectivity index (χ2n) is 4.41. The Morgan fingerprint density at radius 1 is 1.37 bits per heavy atom. The predicted molar refractivity (Wildman–Crippen MR) is 66.7 cm³/mol. The maximum absolute atomic E-state index is 12.4. The monoisotopic (exact) mass is 257 g/mol. The zero-order chi connectivity index (χ0) is 13.4. The van der Waals surface area contributed by atoms with Crippen LogP contribution < -0.4 is 10.1 Å². The van der Waals surface area contributed by atoms with Crippen LogP contribution in [0.3, 0.4) is 0 Å². The molecule has 3 rings (SSSR count). The fraction of sp³-hybridized carbons (Fsp3) is 0.143. The Morgan fingerprint density at radius 3 is 2.95 bits per heavy atom. The molecule has 0 aliphatic carbocycles. The van der Waals surface area contributed by atoms with E-state index in [0.717, 1.165) is 0 Å². The van der Waals surface area contributed by atoms with Crippen LogP contribution in [0.5, 0.6) is 5.75 Å². The van der Waals surface area contributed by atoms with Gasteiger partial charge in [0.2, 0.25) is 0 Å². The van der Waals surface area contributed by atoms with Crippen LogP contribution in [0, 0.1) is 0 Å². The zero-order valence-corrected chi connectivity index (χ0v) is 9.92. The van der Waals surface area contributed by atoms with E-state index in [2.05, 4.69) is 5.32 Å². The average molecular weight is 257 g/mol. The summed E-state index contributed by atoms with van der Waals surface area (Å²) in [6.45, 7) is 0. The van der Waals surface area contributed by atoms with Crippen LogP contribution in [0.25, 0.3) is 0 Å². The summed E-state index contributed by atoms with van der Waals surface area (Å²) in [5.74, 6) is -0.537. The Bertz CT molecular complexity index is 630. The molecule has 0 spiro atoms. The van der Waals surface area contributed by atoms with Crippen LogP contribution in [0.15, 0.2) is 47.9 Å². The van der Waals surface area contributed by atoms with Crippen molar-refractivity contribution in [2.24, 2.45) is 0 Å². The highest BCUT2D eigenvalue weighted by Crippen LogP contribution is 2.29. The van der Waals surface area contributed by atoms with Crippen molar-refractivity contribution in [1.29, 1.82) is 0 Å². The third kappa shape index (κ3) is 1.99. The van der Waals surface area contributed by atoms with Crippen molar-refractivity contribution in [3.8, 4) is 5.75 Å². The lowest BCUT2D eigenvalue weighted by Crippen LogP contribution is -2.33. The van der Waals surface area contributed by atoms with E-state index in [9.17, 15) is 9.59 Å². The molecule has 1 unspecified atom stereocenters. The van der Waals surface area contributed by atoms with Crippen LogP contribution in [0.1, 0.15) is 16.8 Å². The van der Waals surface area contributed by atoms with E-state index in [1.165, 1.54) is 6.26 Å². The molecule has 2 heterocycles. The van der Waals surface area contributed by atoms with E-state index in [-0.39, 0.29) is 12.2 Å². The number of benzene rings is 1. The Kier molecular flexibility index (Phi) is 2.59. The topological polar surface area (TPSA) is 75.6 Å². The Morgan fingerprint density at radius 2 is 2.16 bits per heavy atom. The standard InChI is InChI=1S/C14H11NO4/c16-12(17)6-9-5-8-7-19-11-4-2-1-3-10(11)14(18)13(8)15-9/h1-5,7,13,15H,6H2,(H,16,17). The molecule has 1 aromatic carbocycles. The number of carbonyl (C=O) groups excluding carboxylic acids is 1. The molecular formula is C14H11NO4. The number of carboxylic acids is 1. The quantitative estimate of drug-likeness (QED) is 0.839. The van der Waals surface area contributed by atoms with Gasteiger partial charge < -0.3 is 15.2 Å². The highest BCUT2D eigenvalue weighted by atomic mass is 16.5. The number of ketones is 1. The third-order valence-electron chi connectivity index (χ3n) is 3.08. The molecule has 0 radical (unpaired) electrons. The van der Waals surface area contributed by atoms with Crippen molar-refractivity contribution < 1.29 is 19.4 Å². The van der Waals surface area contributed by atoms with E-state index in [1.54, 1.807) is 30.3 Å². The number of hydrogen-bond donors (Lipinski definition) is 2. The minimum atomic E-state index is -0.940. The van der Waals surface area contributed by atoms with Gasteiger partial charge in [0.15, 0.2) is 5.78 Å². The normalized spacial score (nSPS) is 20.2. The molecular weight excluding hydrogens is 246 g/mol. The van der Waals surface area contributed by atoms with E-state index in [4.69, 9.17) is 9.84 Å². The lowest BCUT2D eigenvalue weighted by Gasteiger charge is -2.12. The van der Waals surface area contributed by atoms with Crippen molar-refractivity contribution >= 4 is 11.8 Å². The molecule has 1 aromatic rings. The van der Waals surface area contributed by atoms with Crippen LogP contribution in [-0.4, -0.2) is 22.9 Å². The summed E-state index contributed by atoms with van der Waals surface area (Å²) in [5.41, 5.74) is 1.66. The predicted octanol–water partition coefficient (Wildman–Crippen LogP) is 1.48. The van der Waals surface area contributed by atoms with Crippen molar-refractivity contribution in [1.82, 2.24) is 5.32 Å². The van der Waals surface area contributed by atoms with E-state index >= 15 is 0 Å². The minimum absolute atomic E-state index is 0.115. The maximum Gasteiger partial charge on any atom is 0.309 e. The van der Waals surface area contributed by atoms with Crippen molar-refractivity contribution in [2.45, 2.75) is 12.5 Å². The fourth-order valence-electron chi connectivity index (χ4n) is 2.24. The lowest BCUT2D eigenvalue weighted by atomic mass is 10.0. The maximum atomic E-state index is 12.4. The molecule has 2 N–H and O–H groups in total. The number of carboxylic acid groups (broad SMARTS) is 1. The number of aliphatic carboxylic acids is 1. The molecule has 1 atom stereocenters. The van der Waals surface area contributed by atoms with Crippen LogP contribution in [-0.2, 0) is 4.79 Å². The molecule has 19 heavy (non-hydrogen) atoms. The number of hydrogen-bond acceptors (Lipinski definition) is 4. The van der Waals surface area contributed by atoms with Gasteiger partial charge in [0, 0.05) is 11.3 Å². The van der Waals surface area contributed by atoms with Gasteiger partial charge in [0.1, 0.15) is 11.8 Å². The summed E-state index contributed by atoms with van der Waals surface area (Å²) >= 11 is 0. The molecule has 0 fully saturated rings. The number of Topliss-reactive ketones (excluding diaryl/α,β-unsaturated/α-hetero) is 1. The number of ether oxygens (including phenoxy) is 1. The lowest BCUT2D eigenvalue weighted by molar-refractivity contribution is -0.136. The molecule has 0 saturated heterocycles. The molecule has 0 bridgehead atoms. The van der Waals surface area contributed by atoms with Gasteiger partial charge in [-0.25, -0.2) is 0 Å². The number of nitrogens with one attached hydrogen (secondary N) is 1. The van der Waals surface area contributed by atoms with Crippen molar-refractivity contribution in [3.05, 3.63) is 53.4 Å². The van der Waals surface area contributed by atoms with Crippen LogP contribution >= 0.6 is 0 Å². The summed E-state index contributed by atoms with van der Waals surface area (Å²) in [4.78, 5) is 23.1. The van der Waals surface area contributed by atoms with Crippen molar-refractivity contribution in [3.63, 3.8) is 0 Å². The first-order valence-corrected chi connectivity index (χ1v) is 5.84. The molecule has 2 aliphatic rings. The fourth-order valence-corrected chi connectivity index (χ4v) is 2.24. The van der Waals surface area contributed by atoms with E-state index < -0.39 is 12.0 Å². The summed E-state index contributed by atoms with van der Waals surface area (Å²) in [7, 11) is 0. The van der Waals surface area contributed by atoms with Gasteiger partial charge in [-0.1, -0.05) is 12.1 Å². The second-order valence-corrected chi connectivity index (χ2v) is 4.41. The number of fused-ring (bicyclic) bond motifs is 2. The molecule has 0 aromatic heterocycles. The van der Waals surface area contributed by atoms with Crippen molar-refractivity contribution in [2.75, 3.05) is 0 Å². The second kappa shape index (κ2) is 4.28. The molecule has 0 amide bonds. The van der Waals surface area contributed by atoms with Gasteiger partial charge in [-0.05, 0) is 18.2 Å². The average Bonchev–Trinajstić information content (AvgIpc) is 2.72. The number of para-hydroxylation sites is 1. The molecule has 5 heteroatoms. The molecule has 5 nitrogen and oxygen atoms in total. The minimum Gasteiger partial charge on any atom is -0.481 e. The third-order valence-corrected chi connectivity index (χ3v) is 3.08. The van der Waals surface area contributed by atoms with Gasteiger partial charge in [-0.3, -0.25) is 9.59 Å². The smallest absolute Gasteiger partial charge is 0.309 e.